The Morgan fingerprint density at radius 3 is 3.00 bits per heavy atom. The Morgan fingerprint density at radius 2 is 2.50 bits per heavy atom. The van der Waals surface area contributed by atoms with Gasteiger partial charge < -0.3 is 10.6 Å². The van der Waals surface area contributed by atoms with Gasteiger partial charge in [0, 0.05) is 6.54 Å². The van der Waals surface area contributed by atoms with E-state index in [1.807, 2.05) is 10.3 Å². The minimum Gasteiger partial charge on any atom is -0.334 e. The van der Waals surface area contributed by atoms with Gasteiger partial charge in [-0.3, -0.25) is 4.79 Å². The van der Waals surface area contributed by atoms with E-state index in [9.17, 15) is 4.79 Å². The highest BCUT2D eigenvalue weighted by Gasteiger charge is 2.32. The zero-order valence-corrected chi connectivity index (χ0v) is 8.96. The van der Waals surface area contributed by atoms with Crippen LogP contribution in [-0.2, 0) is 4.79 Å². The molecule has 1 saturated heterocycles. The van der Waals surface area contributed by atoms with Crippen molar-refractivity contribution in [2.75, 3.05) is 6.54 Å². The van der Waals surface area contributed by atoms with Crippen molar-refractivity contribution in [2.45, 2.75) is 25.4 Å². The average molecular weight is 210 g/mol. The Labute approximate surface area is 87.5 Å². The number of rotatable bonds is 2. The van der Waals surface area contributed by atoms with Crippen LogP contribution in [0.1, 0.15) is 24.9 Å². The van der Waals surface area contributed by atoms with E-state index in [1.54, 1.807) is 11.3 Å². The first-order valence-electron chi connectivity index (χ1n) is 4.78. The largest absolute Gasteiger partial charge is 0.334 e. The molecule has 1 aromatic rings. The lowest BCUT2D eigenvalue weighted by atomic mass is 10.1. The van der Waals surface area contributed by atoms with Crippen LogP contribution in [0.25, 0.3) is 0 Å². The molecule has 2 atom stereocenters. The Bertz CT molecular complexity index is 323. The topological polar surface area (TPSA) is 46.3 Å². The number of thiophene rings is 1. The third-order valence-corrected chi connectivity index (χ3v) is 3.48. The number of carbonyl (C=O) groups excluding carboxylic acids is 1. The van der Waals surface area contributed by atoms with Crippen LogP contribution in [0, 0.1) is 0 Å². The molecule has 4 heteroatoms. The SMILES string of the molecule is CC(c1ccsc1)N1CCC(N)C1=O. The molecule has 1 aromatic heterocycles. The monoisotopic (exact) mass is 210 g/mol. The van der Waals surface area contributed by atoms with Gasteiger partial charge in [0.25, 0.3) is 0 Å². The van der Waals surface area contributed by atoms with E-state index >= 15 is 0 Å². The molecule has 0 saturated carbocycles. The van der Waals surface area contributed by atoms with Gasteiger partial charge in [0.2, 0.25) is 5.91 Å². The normalized spacial score (nSPS) is 24.3. The van der Waals surface area contributed by atoms with Gasteiger partial charge in [-0.15, -0.1) is 0 Å². The summed E-state index contributed by atoms with van der Waals surface area (Å²) < 4.78 is 0. The molecule has 76 valence electrons. The molecule has 0 aliphatic carbocycles. The summed E-state index contributed by atoms with van der Waals surface area (Å²) in [5.41, 5.74) is 6.88. The predicted octanol–water partition coefficient (Wildman–Crippen LogP) is 1.37. The van der Waals surface area contributed by atoms with E-state index in [0.717, 1.165) is 13.0 Å². The van der Waals surface area contributed by atoms with Crippen molar-refractivity contribution in [1.82, 2.24) is 4.90 Å². The van der Waals surface area contributed by atoms with Gasteiger partial charge in [0.15, 0.2) is 0 Å². The first kappa shape index (κ1) is 9.68. The van der Waals surface area contributed by atoms with Crippen LogP contribution in [-0.4, -0.2) is 23.4 Å². The Balaban J connectivity index is 2.13. The Kier molecular flexibility index (Phi) is 2.56. The summed E-state index contributed by atoms with van der Waals surface area (Å²) in [5.74, 6) is 0.0868. The van der Waals surface area contributed by atoms with Gasteiger partial charge in [-0.05, 0) is 35.7 Å². The maximum Gasteiger partial charge on any atom is 0.240 e. The lowest BCUT2D eigenvalue weighted by Crippen LogP contribution is -2.35. The maximum atomic E-state index is 11.6. The molecule has 0 aromatic carbocycles. The molecular formula is C10H14N2OS. The van der Waals surface area contributed by atoms with Crippen LogP contribution in [0.4, 0.5) is 0 Å². The number of hydrogen-bond acceptors (Lipinski definition) is 3. The lowest BCUT2D eigenvalue weighted by Gasteiger charge is -2.23. The smallest absolute Gasteiger partial charge is 0.240 e. The first-order valence-corrected chi connectivity index (χ1v) is 5.72. The Hall–Kier alpha value is -0.870. The number of nitrogens with two attached hydrogens (primary N) is 1. The highest BCUT2D eigenvalue weighted by atomic mass is 32.1. The number of carbonyl (C=O) groups is 1. The third kappa shape index (κ3) is 1.55. The maximum absolute atomic E-state index is 11.6. The van der Waals surface area contributed by atoms with Crippen molar-refractivity contribution in [3.8, 4) is 0 Å². The summed E-state index contributed by atoms with van der Waals surface area (Å²) in [5, 5.41) is 4.12. The van der Waals surface area contributed by atoms with Gasteiger partial charge in [0.05, 0.1) is 12.1 Å². The number of amides is 1. The van der Waals surface area contributed by atoms with Gasteiger partial charge in [-0.2, -0.15) is 11.3 Å². The fourth-order valence-electron chi connectivity index (χ4n) is 1.80. The van der Waals surface area contributed by atoms with Crippen LogP contribution < -0.4 is 5.73 Å². The Morgan fingerprint density at radius 1 is 1.71 bits per heavy atom. The lowest BCUT2D eigenvalue weighted by molar-refractivity contribution is -0.130. The molecule has 2 heterocycles. The molecular weight excluding hydrogens is 196 g/mol. The standard InChI is InChI=1S/C10H14N2OS/c1-7(8-3-5-14-6-8)12-4-2-9(11)10(12)13/h3,5-7,9H,2,4,11H2,1H3. The fourth-order valence-corrected chi connectivity index (χ4v) is 2.55. The second-order valence-electron chi connectivity index (χ2n) is 3.66. The van der Waals surface area contributed by atoms with E-state index in [4.69, 9.17) is 5.73 Å². The number of nitrogens with zero attached hydrogens (tertiary/aromatic N) is 1. The van der Waals surface area contributed by atoms with E-state index in [0.29, 0.717) is 0 Å². The summed E-state index contributed by atoms with van der Waals surface area (Å²) in [6.45, 7) is 2.84. The van der Waals surface area contributed by atoms with Crippen LogP contribution in [0.3, 0.4) is 0 Å². The molecule has 3 nitrogen and oxygen atoms in total. The van der Waals surface area contributed by atoms with Crippen LogP contribution in [0.5, 0.6) is 0 Å². The summed E-state index contributed by atoms with van der Waals surface area (Å²) in [6, 6.07) is 1.95. The third-order valence-electron chi connectivity index (χ3n) is 2.77. The molecule has 2 rings (SSSR count). The van der Waals surface area contributed by atoms with Crippen LogP contribution >= 0.6 is 11.3 Å². The fraction of sp³-hybridized carbons (Fsp3) is 0.500. The summed E-state index contributed by atoms with van der Waals surface area (Å²) in [7, 11) is 0. The first-order chi connectivity index (χ1) is 6.70. The van der Waals surface area contributed by atoms with Gasteiger partial charge in [0.1, 0.15) is 0 Å². The van der Waals surface area contributed by atoms with Crippen molar-refractivity contribution in [3.05, 3.63) is 22.4 Å². The van der Waals surface area contributed by atoms with Crippen molar-refractivity contribution in [1.29, 1.82) is 0 Å². The molecule has 0 spiro atoms. The quantitative estimate of drug-likeness (QED) is 0.801. The zero-order valence-electron chi connectivity index (χ0n) is 8.14. The second-order valence-corrected chi connectivity index (χ2v) is 4.44. The minimum atomic E-state index is -0.281. The van der Waals surface area contributed by atoms with E-state index in [1.165, 1.54) is 5.56 Å². The summed E-state index contributed by atoms with van der Waals surface area (Å²) in [4.78, 5) is 13.5. The minimum absolute atomic E-state index is 0.0868. The number of hydrogen-bond donors (Lipinski definition) is 1. The highest BCUT2D eigenvalue weighted by molar-refractivity contribution is 7.07. The summed E-state index contributed by atoms with van der Waals surface area (Å²) in [6.07, 6.45) is 0.785. The molecule has 14 heavy (non-hydrogen) atoms. The van der Waals surface area contributed by atoms with Gasteiger partial charge in [-0.25, -0.2) is 0 Å². The molecule has 2 unspecified atom stereocenters. The molecule has 1 aliphatic heterocycles. The van der Waals surface area contributed by atoms with Gasteiger partial charge in [-0.1, -0.05) is 0 Å². The molecule has 1 aliphatic rings. The molecule has 0 bridgehead atoms. The van der Waals surface area contributed by atoms with Crippen molar-refractivity contribution in [2.24, 2.45) is 5.73 Å². The van der Waals surface area contributed by atoms with E-state index in [2.05, 4.69) is 18.4 Å². The molecule has 1 fully saturated rings. The summed E-state index contributed by atoms with van der Waals surface area (Å²) >= 11 is 1.66. The van der Waals surface area contributed by atoms with Crippen LogP contribution in [0.2, 0.25) is 0 Å². The number of likely N-dealkylation sites (tertiary alicyclic amines) is 1. The molecule has 2 N–H and O–H groups in total. The van der Waals surface area contributed by atoms with Crippen molar-refractivity contribution < 1.29 is 4.79 Å². The van der Waals surface area contributed by atoms with Crippen molar-refractivity contribution in [3.63, 3.8) is 0 Å². The molecule has 1 amide bonds. The average Bonchev–Trinajstić information content (AvgIpc) is 2.77. The van der Waals surface area contributed by atoms with Crippen LogP contribution in [0.15, 0.2) is 16.8 Å². The zero-order chi connectivity index (χ0) is 10.1. The predicted molar refractivity (Wildman–Crippen MR) is 57.0 cm³/mol. The highest BCUT2D eigenvalue weighted by Crippen LogP contribution is 2.26. The van der Waals surface area contributed by atoms with Gasteiger partial charge >= 0.3 is 0 Å². The van der Waals surface area contributed by atoms with Crippen molar-refractivity contribution >= 4 is 17.2 Å². The van der Waals surface area contributed by atoms with E-state index in [-0.39, 0.29) is 18.0 Å². The molecule has 0 radical (unpaired) electrons. The van der Waals surface area contributed by atoms with E-state index < -0.39 is 0 Å². The second kappa shape index (κ2) is 3.71.